The molecule has 5 aromatic rings. The molecule has 2 aromatic carbocycles. The zero-order valence-electron chi connectivity index (χ0n) is 19.5. The van der Waals surface area contributed by atoms with Crippen LogP contribution in [-0.2, 0) is 6.61 Å². The molecule has 0 spiro atoms. The van der Waals surface area contributed by atoms with Gasteiger partial charge < -0.3 is 9.47 Å². The molecule has 0 aliphatic carbocycles. The molecule has 35 heavy (non-hydrogen) atoms. The lowest BCUT2D eigenvalue weighted by Crippen LogP contribution is -2.19. The Morgan fingerprint density at radius 2 is 1.83 bits per heavy atom. The van der Waals surface area contributed by atoms with E-state index in [1.165, 1.54) is 16.5 Å². The molecule has 0 unspecified atom stereocenters. The first-order chi connectivity index (χ1) is 16.9. The van der Waals surface area contributed by atoms with Crippen LogP contribution in [0, 0.1) is 19.7 Å². The number of aryl methyl sites for hydroxylation is 2. The van der Waals surface area contributed by atoms with E-state index in [1.54, 1.807) is 55.2 Å². The second kappa shape index (κ2) is 9.06. The summed E-state index contributed by atoms with van der Waals surface area (Å²) in [6.07, 6.45) is 1.66. The molecule has 0 aliphatic rings. The summed E-state index contributed by atoms with van der Waals surface area (Å²) in [5, 5.41) is 4.59. The molecular formula is C27H23FN4O3. The molecule has 0 atom stereocenters. The number of hydrogen-bond donors (Lipinski definition) is 0. The fourth-order valence-corrected chi connectivity index (χ4v) is 4.04. The number of hydrogen-bond acceptors (Lipinski definition) is 5. The van der Waals surface area contributed by atoms with Gasteiger partial charge in [-0.2, -0.15) is 5.10 Å². The van der Waals surface area contributed by atoms with Crippen molar-refractivity contribution in [1.29, 1.82) is 0 Å². The van der Waals surface area contributed by atoms with Crippen LogP contribution >= 0.6 is 0 Å². The lowest BCUT2D eigenvalue weighted by Gasteiger charge is -2.12. The van der Waals surface area contributed by atoms with E-state index in [2.05, 4.69) is 10.1 Å². The summed E-state index contributed by atoms with van der Waals surface area (Å²) in [5.74, 6) is 0.874. The molecule has 0 N–H and O–H groups in total. The molecular weight excluding hydrogens is 447 g/mol. The number of fused-ring (bicyclic) bond motifs is 1. The van der Waals surface area contributed by atoms with Crippen molar-refractivity contribution < 1.29 is 13.9 Å². The smallest absolute Gasteiger partial charge is 0.267 e. The van der Waals surface area contributed by atoms with Gasteiger partial charge in [-0.15, -0.1) is 0 Å². The molecule has 3 heterocycles. The highest BCUT2D eigenvalue weighted by atomic mass is 19.1. The van der Waals surface area contributed by atoms with Crippen LogP contribution in [-0.4, -0.2) is 26.3 Å². The molecule has 0 bridgehead atoms. The number of methoxy groups -OCH3 is 1. The van der Waals surface area contributed by atoms with Crippen molar-refractivity contribution in [3.8, 4) is 28.4 Å². The van der Waals surface area contributed by atoms with E-state index in [4.69, 9.17) is 9.47 Å². The largest absolute Gasteiger partial charge is 0.497 e. The molecule has 0 radical (unpaired) electrons. The van der Waals surface area contributed by atoms with Crippen LogP contribution in [0.15, 0.2) is 77.7 Å². The van der Waals surface area contributed by atoms with Gasteiger partial charge >= 0.3 is 0 Å². The summed E-state index contributed by atoms with van der Waals surface area (Å²) >= 11 is 0. The van der Waals surface area contributed by atoms with Crippen molar-refractivity contribution >= 4 is 5.65 Å². The van der Waals surface area contributed by atoms with Gasteiger partial charge in [-0.1, -0.05) is 18.2 Å². The Bertz CT molecular complexity index is 1610. The van der Waals surface area contributed by atoms with Gasteiger partial charge in [-0.3, -0.25) is 9.20 Å². The van der Waals surface area contributed by atoms with Crippen LogP contribution in [0.3, 0.4) is 0 Å². The first-order valence-electron chi connectivity index (χ1n) is 11.1. The van der Waals surface area contributed by atoms with E-state index >= 15 is 0 Å². The lowest BCUT2D eigenvalue weighted by atomic mass is 10.1. The van der Waals surface area contributed by atoms with Crippen LogP contribution < -0.4 is 15.0 Å². The molecule has 0 amide bonds. The molecule has 0 saturated heterocycles. The third-order valence-electron chi connectivity index (χ3n) is 5.72. The van der Waals surface area contributed by atoms with E-state index in [9.17, 15) is 9.18 Å². The van der Waals surface area contributed by atoms with Gasteiger partial charge in [0.05, 0.1) is 24.1 Å². The summed E-state index contributed by atoms with van der Waals surface area (Å²) in [6, 6.07) is 19.1. The Morgan fingerprint density at radius 3 is 2.63 bits per heavy atom. The summed E-state index contributed by atoms with van der Waals surface area (Å²) in [5.41, 5.74) is 3.81. The number of nitrogens with zero attached hydrogens (tertiary/aromatic N) is 4. The fraction of sp³-hybridized carbons (Fsp3) is 0.148. The van der Waals surface area contributed by atoms with E-state index in [-0.39, 0.29) is 11.4 Å². The Morgan fingerprint density at radius 1 is 1.00 bits per heavy atom. The summed E-state index contributed by atoms with van der Waals surface area (Å²) in [6.45, 7) is 3.92. The summed E-state index contributed by atoms with van der Waals surface area (Å²) in [4.78, 5) is 18.2. The first kappa shape index (κ1) is 22.3. The molecule has 0 saturated carbocycles. The normalized spacial score (nSPS) is 11.1. The highest BCUT2D eigenvalue weighted by molar-refractivity contribution is 5.65. The summed E-state index contributed by atoms with van der Waals surface area (Å²) in [7, 11) is 1.62. The van der Waals surface area contributed by atoms with Crippen molar-refractivity contribution in [2.75, 3.05) is 7.11 Å². The number of aromatic nitrogens is 4. The minimum Gasteiger partial charge on any atom is -0.497 e. The number of pyridine rings is 1. The van der Waals surface area contributed by atoms with Crippen LogP contribution in [0.5, 0.6) is 11.5 Å². The van der Waals surface area contributed by atoms with Gasteiger partial charge in [-0.05, 0) is 67.9 Å². The van der Waals surface area contributed by atoms with Gasteiger partial charge in [0, 0.05) is 11.9 Å². The molecule has 0 fully saturated rings. The third kappa shape index (κ3) is 4.26. The minimum absolute atomic E-state index is 0.261. The number of rotatable bonds is 6. The molecule has 0 aliphatic heterocycles. The van der Waals surface area contributed by atoms with Gasteiger partial charge in [0.15, 0.2) is 11.4 Å². The van der Waals surface area contributed by atoms with Crippen molar-refractivity contribution in [3.05, 3.63) is 106 Å². The Kier molecular flexibility index (Phi) is 5.78. The zero-order chi connectivity index (χ0) is 24.5. The second-order valence-corrected chi connectivity index (χ2v) is 8.15. The predicted octanol–water partition coefficient (Wildman–Crippen LogP) is 4.89. The number of ether oxygens (including phenoxy) is 2. The van der Waals surface area contributed by atoms with Crippen molar-refractivity contribution in [2.45, 2.75) is 20.5 Å². The molecule has 3 aromatic heterocycles. The number of benzene rings is 2. The average molecular weight is 471 g/mol. The third-order valence-corrected chi connectivity index (χ3v) is 5.72. The quantitative estimate of drug-likeness (QED) is 0.353. The monoisotopic (exact) mass is 470 g/mol. The molecule has 8 heteroatoms. The summed E-state index contributed by atoms with van der Waals surface area (Å²) < 4.78 is 28.1. The topological polar surface area (TPSA) is 70.7 Å². The van der Waals surface area contributed by atoms with Gasteiger partial charge in [0.1, 0.15) is 23.9 Å². The highest BCUT2D eigenvalue weighted by Crippen LogP contribution is 2.25. The zero-order valence-corrected chi connectivity index (χ0v) is 19.5. The van der Waals surface area contributed by atoms with E-state index < -0.39 is 0 Å². The molecule has 176 valence electrons. The van der Waals surface area contributed by atoms with Crippen molar-refractivity contribution in [1.82, 2.24) is 19.2 Å². The second-order valence-electron chi connectivity index (χ2n) is 8.15. The van der Waals surface area contributed by atoms with E-state index in [1.807, 2.05) is 31.2 Å². The first-order valence-corrected chi connectivity index (χ1v) is 11.1. The minimum atomic E-state index is -0.357. The Labute approximate surface area is 201 Å². The maximum absolute atomic E-state index is 13.7. The lowest BCUT2D eigenvalue weighted by molar-refractivity contribution is 0.306. The average Bonchev–Trinajstić information content (AvgIpc) is 3.24. The van der Waals surface area contributed by atoms with E-state index in [0.717, 1.165) is 17.0 Å². The maximum atomic E-state index is 13.7. The molecule has 7 nitrogen and oxygen atoms in total. The van der Waals surface area contributed by atoms with Gasteiger partial charge in [0.25, 0.3) is 5.56 Å². The van der Waals surface area contributed by atoms with Crippen LogP contribution in [0.1, 0.15) is 17.0 Å². The molecule has 5 rings (SSSR count). The van der Waals surface area contributed by atoms with Crippen molar-refractivity contribution in [2.24, 2.45) is 0 Å². The van der Waals surface area contributed by atoms with Crippen LogP contribution in [0.2, 0.25) is 0 Å². The standard InChI is InChI=1S/C27H23FN4O3/c1-17-13-23(30-32(17)21-9-5-8-20(28)15-21)25-18(2)29-26-24(11-6-12-31(26)27(25)33)35-16-19-7-4-10-22(14-19)34-3/h4-15H,16H2,1-3H3. The fourth-order valence-electron chi connectivity index (χ4n) is 4.04. The Balaban J connectivity index is 1.53. The van der Waals surface area contributed by atoms with Crippen molar-refractivity contribution in [3.63, 3.8) is 0 Å². The van der Waals surface area contributed by atoms with Crippen LogP contribution in [0.25, 0.3) is 22.6 Å². The van der Waals surface area contributed by atoms with Gasteiger partial charge in [0.2, 0.25) is 0 Å². The maximum Gasteiger partial charge on any atom is 0.267 e. The highest BCUT2D eigenvalue weighted by Gasteiger charge is 2.18. The van der Waals surface area contributed by atoms with E-state index in [0.29, 0.717) is 40.6 Å². The predicted molar refractivity (Wildman–Crippen MR) is 131 cm³/mol. The SMILES string of the molecule is COc1cccc(COc2cccn3c(=O)c(-c4cc(C)n(-c5cccc(F)c5)n4)c(C)nc23)c1. The Hall–Kier alpha value is -4.46. The van der Waals surface area contributed by atoms with Crippen LogP contribution in [0.4, 0.5) is 4.39 Å². The van der Waals surface area contributed by atoms with Gasteiger partial charge in [-0.25, -0.2) is 14.1 Å². The number of halogens is 1.